The molecule has 0 fully saturated rings. The molecule has 0 radical (unpaired) electrons. The average molecular weight is 268 g/mol. The van der Waals surface area contributed by atoms with Crippen molar-refractivity contribution in [2.24, 2.45) is 0 Å². The molecule has 0 aromatic carbocycles. The molecule has 108 valence electrons. The summed E-state index contributed by atoms with van der Waals surface area (Å²) >= 11 is 0. The molecule has 6 heteroatoms. The Labute approximate surface area is 114 Å². The summed E-state index contributed by atoms with van der Waals surface area (Å²) in [6.45, 7) is 5.88. The number of nitrogens with zero attached hydrogens (tertiary/aromatic N) is 2. The van der Waals surface area contributed by atoms with Gasteiger partial charge >= 0.3 is 0 Å². The molecule has 0 bridgehead atoms. The number of carbonyl (C=O) groups is 1. The Hall–Kier alpha value is -1.40. The monoisotopic (exact) mass is 268 g/mol. The number of aromatic nitrogens is 2. The maximum atomic E-state index is 11.6. The summed E-state index contributed by atoms with van der Waals surface area (Å²) in [5.74, 6) is 0.0268. The van der Waals surface area contributed by atoms with Gasteiger partial charge in [-0.1, -0.05) is 0 Å². The largest absolute Gasteiger partial charge is 0.383 e. The van der Waals surface area contributed by atoms with Gasteiger partial charge in [-0.05, 0) is 20.9 Å². The van der Waals surface area contributed by atoms with E-state index in [2.05, 4.69) is 29.5 Å². The summed E-state index contributed by atoms with van der Waals surface area (Å²) in [4.78, 5) is 15.8. The smallest absolute Gasteiger partial charge is 0.221 e. The van der Waals surface area contributed by atoms with Gasteiger partial charge in [-0.3, -0.25) is 4.79 Å². The highest BCUT2D eigenvalue weighted by atomic mass is 16.5. The van der Waals surface area contributed by atoms with E-state index in [1.165, 1.54) is 0 Å². The predicted octanol–water partition coefficient (Wildman–Crippen LogP) is 0.490. The lowest BCUT2D eigenvalue weighted by Crippen LogP contribution is -2.36. The number of carbonyl (C=O) groups excluding carboxylic acids is 1. The van der Waals surface area contributed by atoms with Crippen LogP contribution >= 0.6 is 0 Å². The van der Waals surface area contributed by atoms with Crippen molar-refractivity contribution in [1.29, 1.82) is 0 Å². The van der Waals surface area contributed by atoms with Gasteiger partial charge in [0.15, 0.2) is 0 Å². The lowest BCUT2D eigenvalue weighted by atomic mass is 10.0. The van der Waals surface area contributed by atoms with Crippen molar-refractivity contribution in [3.05, 3.63) is 18.2 Å². The number of hydrogen-bond donors (Lipinski definition) is 2. The summed E-state index contributed by atoms with van der Waals surface area (Å²) in [6, 6.07) is 0. The Morgan fingerprint density at radius 2 is 2.26 bits per heavy atom. The van der Waals surface area contributed by atoms with Crippen molar-refractivity contribution < 1.29 is 9.53 Å². The van der Waals surface area contributed by atoms with Crippen LogP contribution in [0.15, 0.2) is 12.5 Å². The van der Waals surface area contributed by atoms with E-state index >= 15 is 0 Å². The van der Waals surface area contributed by atoms with Crippen LogP contribution in [0.2, 0.25) is 0 Å². The van der Waals surface area contributed by atoms with Gasteiger partial charge in [0.2, 0.25) is 5.91 Å². The van der Waals surface area contributed by atoms with Crippen molar-refractivity contribution in [2.75, 3.05) is 27.3 Å². The Morgan fingerprint density at radius 3 is 2.89 bits per heavy atom. The molecule has 2 N–H and O–H groups in total. The molecule has 1 rings (SSSR count). The number of aryl methyl sites for hydroxylation is 1. The number of ether oxygens (including phenoxy) is 1. The summed E-state index contributed by atoms with van der Waals surface area (Å²) in [6.07, 6.45) is 4.03. The second-order valence-electron chi connectivity index (χ2n) is 4.94. The number of rotatable bonds is 8. The summed E-state index contributed by atoms with van der Waals surface area (Å²) in [5.41, 5.74) is 0.905. The zero-order valence-corrected chi connectivity index (χ0v) is 12.2. The predicted molar refractivity (Wildman–Crippen MR) is 73.8 cm³/mol. The number of nitrogens with one attached hydrogen (secondary N) is 2. The summed E-state index contributed by atoms with van der Waals surface area (Å²) in [5, 5.41) is 6.04. The van der Waals surface area contributed by atoms with E-state index in [-0.39, 0.29) is 11.4 Å². The van der Waals surface area contributed by atoms with E-state index in [4.69, 9.17) is 4.74 Å². The highest BCUT2D eigenvalue weighted by Crippen LogP contribution is 2.18. The Bertz CT molecular complexity index is 401. The fourth-order valence-electron chi connectivity index (χ4n) is 1.75. The van der Waals surface area contributed by atoms with Gasteiger partial charge in [0.25, 0.3) is 0 Å². The van der Waals surface area contributed by atoms with E-state index in [0.29, 0.717) is 26.1 Å². The van der Waals surface area contributed by atoms with Gasteiger partial charge in [-0.15, -0.1) is 0 Å². The third-order valence-electron chi connectivity index (χ3n) is 3.19. The van der Waals surface area contributed by atoms with E-state index in [1.54, 1.807) is 13.4 Å². The third-order valence-corrected chi connectivity index (χ3v) is 3.19. The highest BCUT2D eigenvalue weighted by molar-refractivity contribution is 5.75. The van der Waals surface area contributed by atoms with Crippen LogP contribution in [0.3, 0.4) is 0 Å². The molecule has 0 atom stereocenters. The zero-order chi connectivity index (χ0) is 14.3. The molecule has 1 aromatic heterocycles. The van der Waals surface area contributed by atoms with Gasteiger partial charge in [-0.25, -0.2) is 4.98 Å². The van der Waals surface area contributed by atoms with Crippen molar-refractivity contribution in [2.45, 2.75) is 32.4 Å². The SMILES string of the molecule is CNC(C)(C)c1cncn1CCC(=O)NCCOC. The summed E-state index contributed by atoms with van der Waals surface area (Å²) < 4.78 is 6.89. The molecule has 0 spiro atoms. The molecule has 1 amide bonds. The van der Waals surface area contributed by atoms with Crippen LogP contribution in [0.4, 0.5) is 0 Å². The van der Waals surface area contributed by atoms with Crippen LogP contribution in [-0.2, 0) is 21.6 Å². The second-order valence-corrected chi connectivity index (χ2v) is 4.94. The normalized spacial score (nSPS) is 11.6. The first-order valence-corrected chi connectivity index (χ1v) is 6.46. The van der Waals surface area contributed by atoms with Crippen molar-refractivity contribution in [3.63, 3.8) is 0 Å². The van der Waals surface area contributed by atoms with Crippen LogP contribution < -0.4 is 10.6 Å². The Kier molecular flexibility index (Phi) is 5.98. The fraction of sp³-hybridized carbons (Fsp3) is 0.692. The molecule has 1 heterocycles. The van der Waals surface area contributed by atoms with Crippen LogP contribution in [0.25, 0.3) is 0 Å². The maximum Gasteiger partial charge on any atom is 0.221 e. The minimum Gasteiger partial charge on any atom is -0.383 e. The molecule has 0 aliphatic heterocycles. The van der Waals surface area contributed by atoms with Gasteiger partial charge in [-0.2, -0.15) is 0 Å². The molecule has 0 aliphatic carbocycles. The standard InChI is InChI=1S/C13H24N4O2/c1-13(2,14-3)11-9-15-10-17(11)7-5-12(18)16-6-8-19-4/h9-10,14H,5-8H2,1-4H3,(H,16,18). The van der Waals surface area contributed by atoms with Gasteiger partial charge < -0.3 is 19.9 Å². The molecular formula is C13H24N4O2. The molecule has 1 aromatic rings. The minimum absolute atomic E-state index is 0.0268. The van der Waals surface area contributed by atoms with Crippen LogP contribution in [0, 0.1) is 0 Å². The van der Waals surface area contributed by atoms with E-state index in [0.717, 1.165) is 5.69 Å². The second kappa shape index (κ2) is 7.25. The summed E-state index contributed by atoms with van der Waals surface area (Å²) in [7, 11) is 3.53. The van der Waals surface area contributed by atoms with Crippen molar-refractivity contribution in [3.8, 4) is 0 Å². The number of amides is 1. The van der Waals surface area contributed by atoms with Crippen LogP contribution in [-0.4, -0.2) is 42.8 Å². The maximum absolute atomic E-state index is 11.6. The van der Waals surface area contributed by atoms with Gasteiger partial charge in [0, 0.05) is 32.8 Å². The first kappa shape index (κ1) is 15.7. The lowest BCUT2D eigenvalue weighted by Gasteiger charge is -2.25. The molecule has 6 nitrogen and oxygen atoms in total. The highest BCUT2D eigenvalue weighted by Gasteiger charge is 2.22. The molecular weight excluding hydrogens is 244 g/mol. The van der Waals surface area contributed by atoms with Crippen LogP contribution in [0.5, 0.6) is 0 Å². The number of methoxy groups -OCH3 is 1. The Morgan fingerprint density at radius 1 is 1.53 bits per heavy atom. The molecule has 0 unspecified atom stereocenters. The quantitative estimate of drug-likeness (QED) is 0.673. The molecule has 0 aliphatic rings. The topological polar surface area (TPSA) is 68.2 Å². The minimum atomic E-state index is -0.164. The molecule has 0 saturated carbocycles. The molecule has 0 saturated heterocycles. The number of hydrogen-bond acceptors (Lipinski definition) is 4. The lowest BCUT2D eigenvalue weighted by molar-refractivity contribution is -0.121. The number of imidazole rings is 1. The molecule has 19 heavy (non-hydrogen) atoms. The first-order valence-electron chi connectivity index (χ1n) is 6.46. The van der Waals surface area contributed by atoms with Crippen LogP contribution in [0.1, 0.15) is 26.0 Å². The fourth-order valence-corrected chi connectivity index (χ4v) is 1.75. The van der Waals surface area contributed by atoms with E-state index in [1.807, 2.05) is 17.8 Å². The third kappa shape index (κ3) is 4.65. The van der Waals surface area contributed by atoms with E-state index < -0.39 is 0 Å². The average Bonchev–Trinajstić information content (AvgIpc) is 2.86. The van der Waals surface area contributed by atoms with Crippen molar-refractivity contribution >= 4 is 5.91 Å². The van der Waals surface area contributed by atoms with E-state index in [9.17, 15) is 4.79 Å². The van der Waals surface area contributed by atoms with Gasteiger partial charge in [0.05, 0.1) is 24.2 Å². The van der Waals surface area contributed by atoms with Gasteiger partial charge in [0.1, 0.15) is 0 Å². The van der Waals surface area contributed by atoms with Crippen molar-refractivity contribution in [1.82, 2.24) is 20.2 Å². The first-order chi connectivity index (χ1) is 9.01. The zero-order valence-electron chi connectivity index (χ0n) is 12.2. The Balaban J connectivity index is 2.50.